The molecule has 0 bridgehead atoms. The van der Waals surface area contributed by atoms with Crippen molar-refractivity contribution in [1.82, 2.24) is 0 Å². The van der Waals surface area contributed by atoms with E-state index in [1.807, 2.05) is 0 Å². The summed E-state index contributed by atoms with van der Waals surface area (Å²) < 4.78 is 73.9. The summed E-state index contributed by atoms with van der Waals surface area (Å²) in [6.07, 6.45) is 12.0. The number of fused-ring (bicyclic) bond motifs is 5. The number of allylic oxidation sites excluding steroid dienone is 2. The average molecular weight is 577 g/mol. The third-order valence-electron chi connectivity index (χ3n) is 10.5. The second kappa shape index (κ2) is 10.7. The van der Waals surface area contributed by atoms with Gasteiger partial charge in [-0.1, -0.05) is 40.5 Å². The minimum Gasteiger partial charge on any atom is -0.504 e. The molecule has 38 heavy (non-hydrogen) atoms. The Bertz CT molecular complexity index is 1160. The van der Waals surface area contributed by atoms with Crippen LogP contribution >= 0.6 is 0 Å². The summed E-state index contributed by atoms with van der Waals surface area (Å²) in [5.41, 5.74) is -0.404. The zero-order chi connectivity index (χ0) is 28.1. The molecule has 218 valence electrons. The highest BCUT2D eigenvalue weighted by molar-refractivity contribution is 7.81. The molecule has 3 fully saturated rings. The summed E-state index contributed by atoms with van der Waals surface area (Å²) in [4.78, 5) is 0. The SMILES string of the molecule is CC(C)CCC[C@@H](COS(=O)(=O)O)[C@H]1CC[C@H]2[C@@H]3CCC4C=C(O)C(OS(=O)(=O)O)=C[C@]4(C)[C@H]3CC[C@]12C. The minimum atomic E-state index is -4.76. The van der Waals surface area contributed by atoms with Crippen LogP contribution in [0.4, 0.5) is 0 Å². The van der Waals surface area contributed by atoms with Crippen LogP contribution in [-0.4, -0.2) is 37.7 Å². The Balaban J connectivity index is 1.57. The van der Waals surface area contributed by atoms with Crippen molar-refractivity contribution in [2.75, 3.05) is 6.61 Å². The molecule has 0 saturated heterocycles. The standard InChI is InChI=1S/C27H44O9S2/c1-17(2)6-5-7-18(16-35-37(29,30)31)21-10-11-22-20-9-8-19-14-24(28)25(36-38(32,33)34)15-27(19,4)23(20)12-13-26(21,22)3/h14-15,17-23,28H,5-13,16H2,1-4H3,(H,29,30,31)(H,32,33,34)/t18-,19?,20-,21+,22-,23-,26+,27-/m0/s1. The molecule has 0 spiro atoms. The van der Waals surface area contributed by atoms with Crippen molar-refractivity contribution >= 4 is 20.8 Å². The van der Waals surface area contributed by atoms with E-state index < -0.39 is 26.2 Å². The summed E-state index contributed by atoms with van der Waals surface area (Å²) in [6, 6.07) is 0. The third-order valence-corrected chi connectivity index (χ3v) is 11.3. The molecule has 0 radical (unpaired) electrons. The van der Waals surface area contributed by atoms with Gasteiger partial charge in [0, 0.05) is 0 Å². The lowest BCUT2D eigenvalue weighted by molar-refractivity contribution is -0.0787. The maximum atomic E-state index is 11.4. The molecule has 0 aromatic carbocycles. The van der Waals surface area contributed by atoms with Crippen molar-refractivity contribution in [3.63, 3.8) is 0 Å². The second-order valence-corrected chi connectivity index (χ2v) is 15.1. The number of hydrogen-bond donors (Lipinski definition) is 3. The van der Waals surface area contributed by atoms with E-state index in [0.29, 0.717) is 17.8 Å². The number of aliphatic hydroxyl groups excluding tert-OH is 1. The molecule has 0 heterocycles. The fraction of sp³-hybridized carbons (Fsp3) is 0.852. The average Bonchev–Trinajstić information content (AvgIpc) is 3.12. The Kier molecular flexibility index (Phi) is 8.39. The first kappa shape index (κ1) is 29.8. The molecule has 0 aromatic rings. The van der Waals surface area contributed by atoms with Crippen LogP contribution in [0.1, 0.15) is 85.5 Å². The van der Waals surface area contributed by atoms with E-state index in [9.17, 15) is 31.0 Å². The second-order valence-electron chi connectivity index (χ2n) is 13.0. The van der Waals surface area contributed by atoms with Gasteiger partial charge in [-0.05, 0) is 109 Å². The molecule has 11 heteroatoms. The van der Waals surface area contributed by atoms with E-state index in [1.54, 1.807) is 12.2 Å². The van der Waals surface area contributed by atoms with Gasteiger partial charge in [-0.2, -0.15) is 16.8 Å². The van der Waals surface area contributed by atoms with E-state index in [-0.39, 0.29) is 47.2 Å². The molecule has 0 aromatic heterocycles. The molecule has 4 aliphatic rings. The summed E-state index contributed by atoms with van der Waals surface area (Å²) in [5.74, 6) is 1.56. The van der Waals surface area contributed by atoms with Crippen molar-refractivity contribution in [3.05, 3.63) is 23.7 Å². The summed E-state index contributed by atoms with van der Waals surface area (Å²) in [6.45, 7) is 8.80. The molecular weight excluding hydrogens is 532 g/mol. The third kappa shape index (κ3) is 6.11. The van der Waals surface area contributed by atoms with Gasteiger partial charge >= 0.3 is 20.8 Å². The maximum absolute atomic E-state index is 11.4. The number of rotatable bonds is 10. The molecule has 0 amide bonds. The molecule has 4 rings (SSSR count). The molecule has 4 aliphatic carbocycles. The molecule has 3 N–H and O–H groups in total. The summed E-state index contributed by atoms with van der Waals surface area (Å²) >= 11 is 0. The molecule has 0 aliphatic heterocycles. The molecular formula is C27H44O9S2. The Morgan fingerprint density at radius 1 is 0.974 bits per heavy atom. The van der Waals surface area contributed by atoms with E-state index in [2.05, 4.69) is 27.7 Å². The first-order valence-corrected chi connectivity index (χ1v) is 16.7. The number of aliphatic hydroxyl groups is 1. The van der Waals surface area contributed by atoms with Gasteiger partial charge in [0.05, 0.1) is 6.61 Å². The van der Waals surface area contributed by atoms with Gasteiger partial charge < -0.3 is 9.29 Å². The lowest BCUT2D eigenvalue weighted by Crippen LogP contribution is -2.52. The fourth-order valence-electron chi connectivity index (χ4n) is 8.88. The predicted molar refractivity (Wildman–Crippen MR) is 142 cm³/mol. The zero-order valence-electron chi connectivity index (χ0n) is 22.9. The van der Waals surface area contributed by atoms with Gasteiger partial charge in [0.15, 0.2) is 11.5 Å². The molecule has 9 nitrogen and oxygen atoms in total. The van der Waals surface area contributed by atoms with E-state index in [4.69, 9.17) is 8.37 Å². The Morgan fingerprint density at radius 2 is 1.68 bits per heavy atom. The van der Waals surface area contributed by atoms with Crippen LogP contribution in [0.15, 0.2) is 23.7 Å². The fourth-order valence-corrected chi connectivity index (χ4v) is 9.59. The van der Waals surface area contributed by atoms with Crippen molar-refractivity contribution in [2.24, 2.45) is 52.3 Å². The lowest BCUT2D eigenvalue weighted by Gasteiger charge is -2.59. The van der Waals surface area contributed by atoms with E-state index in [1.165, 1.54) is 0 Å². The van der Waals surface area contributed by atoms with Crippen LogP contribution in [0.3, 0.4) is 0 Å². The van der Waals surface area contributed by atoms with E-state index in [0.717, 1.165) is 57.8 Å². The van der Waals surface area contributed by atoms with Gasteiger partial charge in [-0.3, -0.25) is 9.11 Å². The van der Waals surface area contributed by atoms with Crippen LogP contribution < -0.4 is 0 Å². The summed E-state index contributed by atoms with van der Waals surface area (Å²) in [5, 5.41) is 10.4. The largest absolute Gasteiger partial charge is 0.504 e. The highest BCUT2D eigenvalue weighted by Gasteiger charge is 2.60. The highest BCUT2D eigenvalue weighted by Crippen LogP contribution is 2.67. The Hall–Kier alpha value is -1.14. The lowest BCUT2D eigenvalue weighted by atomic mass is 9.46. The van der Waals surface area contributed by atoms with Crippen LogP contribution in [0.25, 0.3) is 0 Å². The smallest absolute Gasteiger partial charge is 0.446 e. The summed E-state index contributed by atoms with van der Waals surface area (Å²) in [7, 11) is -9.27. The van der Waals surface area contributed by atoms with E-state index >= 15 is 0 Å². The minimum absolute atomic E-state index is 0.000924. The monoisotopic (exact) mass is 576 g/mol. The maximum Gasteiger partial charge on any atom is 0.446 e. The Morgan fingerprint density at radius 3 is 2.32 bits per heavy atom. The quantitative estimate of drug-likeness (QED) is 0.271. The van der Waals surface area contributed by atoms with Gasteiger partial charge in [-0.15, -0.1) is 0 Å². The van der Waals surface area contributed by atoms with Gasteiger partial charge in [0.25, 0.3) is 0 Å². The Labute approximate surface area is 228 Å². The zero-order valence-corrected chi connectivity index (χ0v) is 24.5. The molecule has 1 unspecified atom stereocenters. The normalized spacial score (nSPS) is 38.0. The predicted octanol–water partition coefficient (Wildman–Crippen LogP) is 5.88. The first-order chi connectivity index (χ1) is 17.5. The van der Waals surface area contributed by atoms with Gasteiger partial charge in [-0.25, -0.2) is 4.18 Å². The first-order valence-electron chi connectivity index (χ1n) is 14.0. The van der Waals surface area contributed by atoms with Crippen LogP contribution in [0.5, 0.6) is 0 Å². The molecule has 3 saturated carbocycles. The van der Waals surface area contributed by atoms with Crippen LogP contribution in [0, 0.1) is 52.3 Å². The van der Waals surface area contributed by atoms with Crippen LogP contribution in [-0.2, 0) is 29.2 Å². The topological polar surface area (TPSA) is 147 Å². The van der Waals surface area contributed by atoms with Crippen LogP contribution in [0.2, 0.25) is 0 Å². The van der Waals surface area contributed by atoms with Crippen molar-refractivity contribution in [2.45, 2.75) is 85.5 Å². The highest BCUT2D eigenvalue weighted by atomic mass is 32.3. The molecule has 8 atom stereocenters. The van der Waals surface area contributed by atoms with Crippen molar-refractivity contribution in [1.29, 1.82) is 0 Å². The van der Waals surface area contributed by atoms with Gasteiger partial charge in [0.1, 0.15) is 0 Å². The van der Waals surface area contributed by atoms with Crippen molar-refractivity contribution < 1.29 is 39.4 Å². The number of hydrogen-bond acceptors (Lipinski definition) is 7. The van der Waals surface area contributed by atoms with Crippen molar-refractivity contribution in [3.8, 4) is 0 Å². The van der Waals surface area contributed by atoms with Gasteiger partial charge in [0.2, 0.25) is 0 Å².